The number of hydrogen-bond donors (Lipinski definition) is 1. The van der Waals surface area contributed by atoms with Crippen molar-refractivity contribution in [3.05, 3.63) is 29.8 Å². The zero-order chi connectivity index (χ0) is 10.7. The van der Waals surface area contributed by atoms with Gasteiger partial charge < -0.3 is 5.32 Å². The van der Waals surface area contributed by atoms with E-state index in [0.29, 0.717) is 0 Å². The maximum absolute atomic E-state index is 13.4. The molecule has 1 fully saturated rings. The van der Waals surface area contributed by atoms with Gasteiger partial charge in [-0.1, -0.05) is 6.92 Å². The Labute approximate surface area is 89.9 Å². The average molecular weight is 208 g/mol. The Hall–Kier alpha value is -0.960. The molecule has 0 aromatic carbocycles. The summed E-state index contributed by atoms with van der Waals surface area (Å²) in [6, 6.07) is 2.51. The molecular formula is C12H17FN2. The van der Waals surface area contributed by atoms with Crippen LogP contribution >= 0.6 is 0 Å². The Morgan fingerprint density at radius 1 is 1.60 bits per heavy atom. The zero-order valence-corrected chi connectivity index (χ0v) is 9.04. The molecule has 0 bridgehead atoms. The second-order valence-electron chi connectivity index (χ2n) is 4.32. The van der Waals surface area contributed by atoms with E-state index >= 15 is 0 Å². The van der Waals surface area contributed by atoms with Crippen LogP contribution in [0.3, 0.4) is 0 Å². The fourth-order valence-electron chi connectivity index (χ4n) is 1.73. The average Bonchev–Trinajstić information content (AvgIpc) is 3.02. The number of aromatic nitrogens is 1. The van der Waals surface area contributed by atoms with Gasteiger partial charge in [0.15, 0.2) is 0 Å². The third-order valence-corrected chi connectivity index (χ3v) is 2.92. The first kappa shape index (κ1) is 10.6. The molecule has 0 aliphatic heterocycles. The summed E-state index contributed by atoms with van der Waals surface area (Å²) in [5, 5.41) is 3.44. The van der Waals surface area contributed by atoms with Crippen LogP contribution in [0, 0.1) is 5.82 Å². The molecule has 0 saturated heterocycles. The maximum Gasteiger partial charge on any atom is 0.144 e. The Balaban J connectivity index is 1.83. The minimum absolute atomic E-state index is 0.184. The lowest BCUT2D eigenvalue weighted by Crippen LogP contribution is -2.19. The number of nitrogens with one attached hydrogen (secondary N) is 1. The van der Waals surface area contributed by atoms with Gasteiger partial charge in [0.05, 0.1) is 6.20 Å². The number of halogens is 1. The van der Waals surface area contributed by atoms with Crippen molar-refractivity contribution in [2.75, 3.05) is 6.54 Å². The molecule has 1 aliphatic carbocycles. The molecule has 1 atom stereocenters. The minimum Gasteiger partial charge on any atom is -0.314 e. The molecule has 0 radical (unpaired) electrons. The Morgan fingerprint density at radius 3 is 3.07 bits per heavy atom. The summed E-state index contributed by atoms with van der Waals surface area (Å²) in [5.74, 6) is 0.0793. The second-order valence-corrected chi connectivity index (χ2v) is 4.32. The van der Waals surface area contributed by atoms with Gasteiger partial charge in [0, 0.05) is 12.2 Å². The van der Waals surface area contributed by atoms with Crippen LogP contribution in [0.25, 0.3) is 0 Å². The topological polar surface area (TPSA) is 24.9 Å². The summed E-state index contributed by atoms with van der Waals surface area (Å²) in [5.41, 5.74) is 0.780. The van der Waals surface area contributed by atoms with Crippen molar-refractivity contribution in [3.8, 4) is 0 Å². The lowest BCUT2D eigenvalue weighted by Gasteiger charge is -2.12. The third-order valence-electron chi connectivity index (χ3n) is 2.92. The van der Waals surface area contributed by atoms with Crippen LogP contribution in [0.5, 0.6) is 0 Å². The van der Waals surface area contributed by atoms with Crippen molar-refractivity contribution < 1.29 is 4.39 Å². The molecule has 3 heteroatoms. The van der Waals surface area contributed by atoms with E-state index in [2.05, 4.69) is 17.2 Å². The summed E-state index contributed by atoms with van der Waals surface area (Å²) < 4.78 is 13.4. The molecular weight excluding hydrogens is 191 g/mol. The molecule has 15 heavy (non-hydrogen) atoms. The predicted octanol–water partition coefficient (Wildman–Crippen LogP) is 2.47. The van der Waals surface area contributed by atoms with Gasteiger partial charge in [-0.05, 0) is 43.4 Å². The molecule has 1 aromatic heterocycles. The Kier molecular flexibility index (Phi) is 3.31. The van der Waals surface area contributed by atoms with E-state index in [4.69, 9.17) is 0 Å². The molecule has 1 unspecified atom stereocenters. The molecule has 1 saturated carbocycles. The van der Waals surface area contributed by atoms with Gasteiger partial charge in [-0.3, -0.25) is 4.98 Å². The largest absolute Gasteiger partial charge is 0.314 e. The normalized spacial score (nSPS) is 17.7. The van der Waals surface area contributed by atoms with E-state index in [-0.39, 0.29) is 11.7 Å². The van der Waals surface area contributed by atoms with E-state index < -0.39 is 0 Å². The van der Waals surface area contributed by atoms with E-state index in [0.717, 1.165) is 24.6 Å². The van der Waals surface area contributed by atoms with Gasteiger partial charge in [0.1, 0.15) is 5.82 Å². The molecule has 1 aliphatic rings. The molecule has 82 valence electrons. The van der Waals surface area contributed by atoms with Crippen molar-refractivity contribution in [2.24, 2.45) is 0 Å². The molecule has 1 aromatic rings. The molecule has 0 amide bonds. The predicted molar refractivity (Wildman–Crippen MR) is 58.3 cm³/mol. The van der Waals surface area contributed by atoms with Crippen LogP contribution in [-0.2, 0) is 0 Å². The highest BCUT2D eigenvalue weighted by Crippen LogP contribution is 2.22. The second kappa shape index (κ2) is 4.71. The highest BCUT2D eigenvalue weighted by molar-refractivity contribution is 5.17. The maximum atomic E-state index is 13.4. The SMILES string of the molecule is CC(CCNC1CC1)c1ccncc1F. The molecule has 1 N–H and O–H groups in total. The number of nitrogens with zero attached hydrogens (tertiary/aromatic N) is 1. The molecule has 2 nitrogen and oxygen atoms in total. The van der Waals surface area contributed by atoms with Crippen molar-refractivity contribution in [1.82, 2.24) is 10.3 Å². The fourth-order valence-corrected chi connectivity index (χ4v) is 1.73. The lowest BCUT2D eigenvalue weighted by molar-refractivity contribution is 0.547. The summed E-state index contributed by atoms with van der Waals surface area (Å²) >= 11 is 0. The number of pyridine rings is 1. The summed E-state index contributed by atoms with van der Waals surface area (Å²) in [7, 11) is 0. The number of rotatable bonds is 5. The van der Waals surface area contributed by atoms with Gasteiger partial charge in [0.2, 0.25) is 0 Å². The van der Waals surface area contributed by atoms with E-state index in [9.17, 15) is 4.39 Å². The van der Waals surface area contributed by atoms with Crippen LogP contribution in [0.15, 0.2) is 18.5 Å². The minimum atomic E-state index is -0.184. The smallest absolute Gasteiger partial charge is 0.144 e. The van der Waals surface area contributed by atoms with Crippen LogP contribution in [0.1, 0.15) is 37.7 Å². The van der Waals surface area contributed by atoms with Crippen molar-refractivity contribution in [1.29, 1.82) is 0 Å². The first-order valence-electron chi connectivity index (χ1n) is 5.60. The van der Waals surface area contributed by atoms with Crippen LogP contribution in [0.4, 0.5) is 4.39 Å². The van der Waals surface area contributed by atoms with Crippen LogP contribution in [0.2, 0.25) is 0 Å². The quantitative estimate of drug-likeness (QED) is 0.804. The Bertz CT molecular complexity index is 323. The zero-order valence-electron chi connectivity index (χ0n) is 9.04. The number of hydrogen-bond acceptors (Lipinski definition) is 2. The van der Waals surface area contributed by atoms with Crippen LogP contribution < -0.4 is 5.32 Å². The van der Waals surface area contributed by atoms with Gasteiger partial charge in [-0.15, -0.1) is 0 Å². The Morgan fingerprint density at radius 2 is 2.40 bits per heavy atom. The lowest BCUT2D eigenvalue weighted by atomic mass is 9.98. The van der Waals surface area contributed by atoms with Crippen LogP contribution in [-0.4, -0.2) is 17.6 Å². The van der Waals surface area contributed by atoms with Gasteiger partial charge in [-0.2, -0.15) is 0 Å². The summed E-state index contributed by atoms with van der Waals surface area (Å²) in [4.78, 5) is 3.76. The van der Waals surface area contributed by atoms with Crippen molar-refractivity contribution in [3.63, 3.8) is 0 Å². The highest BCUT2D eigenvalue weighted by atomic mass is 19.1. The molecule has 0 spiro atoms. The van der Waals surface area contributed by atoms with Gasteiger partial charge in [-0.25, -0.2) is 4.39 Å². The van der Waals surface area contributed by atoms with E-state index in [1.54, 1.807) is 12.3 Å². The van der Waals surface area contributed by atoms with E-state index in [1.165, 1.54) is 19.0 Å². The summed E-state index contributed by atoms with van der Waals surface area (Å²) in [6.45, 7) is 3.04. The first-order valence-corrected chi connectivity index (χ1v) is 5.60. The summed E-state index contributed by atoms with van der Waals surface area (Å²) in [6.07, 6.45) is 6.54. The molecule has 1 heterocycles. The van der Waals surface area contributed by atoms with E-state index in [1.807, 2.05) is 0 Å². The molecule has 2 rings (SSSR count). The van der Waals surface area contributed by atoms with Crippen molar-refractivity contribution in [2.45, 2.75) is 38.1 Å². The third kappa shape index (κ3) is 2.99. The fraction of sp³-hybridized carbons (Fsp3) is 0.583. The van der Waals surface area contributed by atoms with Gasteiger partial charge >= 0.3 is 0 Å². The standard InChI is InChI=1S/C12H17FN2/c1-9(4-7-15-10-2-3-10)11-5-6-14-8-12(11)13/h5-6,8-10,15H,2-4,7H2,1H3. The highest BCUT2D eigenvalue weighted by Gasteiger charge is 2.20. The monoisotopic (exact) mass is 208 g/mol. The van der Waals surface area contributed by atoms with Crippen molar-refractivity contribution >= 4 is 0 Å². The van der Waals surface area contributed by atoms with Gasteiger partial charge in [0.25, 0.3) is 0 Å². The first-order chi connectivity index (χ1) is 7.27.